The number of aryl methyl sites for hydroxylation is 2. The van der Waals surface area contributed by atoms with Crippen LogP contribution in [-0.4, -0.2) is 36.0 Å². The molecule has 3 heterocycles. The van der Waals surface area contributed by atoms with Gasteiger partial charge in [0.15, 0.2) is 0 Å². The Morgan fingerprint density at radius 3 is 2.42 bits per heavy atom. The molecule has 0 radical (unpaired) electrons. The molecule has 0 spiro atoms. The normalized spacial score (nSPS) is 22.7. The molecule has 0 bridgehead atoms. The van der Waals surface area contributed by atoms with Crippen LogP contribution in [-0.2, 0) is 17.1 Å². The van der Waals surface area contributed by atoms with Crippen molar-refractivity contribution in [3.8, 4) is 5.75 Å². The van der Waals surface area contributed by atoms with Gasteiger partial charge in [0, 0.05) is 37.4 Å². The lowest BCUT2D eigenvalue weighted by Gasteiger charge is -2.41. The fraction of sp³-hybridized carbons (Fsp3) is 0.375. The first-order valence-electron chi connectivity index (χ1n) is 10.5. The Kier molecular flexibility index (Phi) is 4.37. The van der Waals surface area contributed by atoms with Crippen LogP contribution in [0.25, 0.3) is 10.9 Å². The second-order valence-corrected chi connectivity index (χ2v) is 11.1. The van der Waals surface area contributed by atoms with Crippen molar-refractivity contribution in [2.75, 3.05) is 13.1 Å². The Balaban J connectivity index is 1.65. The van der Waals surface area contributed by atoms with Gasteiger partial charge in [-0.05, 0) is 45.0 Å². The number of rotatable bonds is 2. The van der Waals surface area contributed by atoms with E-state index in [1.165, 1.54) is 4.31 Å². The molecule has 2 aliphatic heterocycles. The highest BCUT2D eigenvalue weighted by Gasteiger charge is 2.53. The summed E-state index contributed by atoms with van der Waals surface area (Å²) in [6, 6.07) is 14.6. The van der Waals surface area contributed by atoms with Gasteiger partial charge in [-0.1, -0.05) is 29.8 Å². The molecular formula is C24H26N2O4S. The number of fused-ring (bicyclic) bond motifs is 5. The lowest BCUT2D eigenvalue weighted by molar-refractivity contribution is 0.0266. The SMILES string of the molecule is Cc1ccc(S(=O)(=O)N2C[C@@H]3c4c(c5ccccc5n(C)c4=O)OC(C)(C)[C@@H]3C2)cc1. The molecule has 0 saturated carbocycles. The van der Waals surface area contributed by atoms with Crippen molar-refractivity contribution in [3.05, 3.63) is 70.0 Å². The minimum absolute atomic E-state index is 0.117. The number of sulfonamides is 1. The second kappa shape index (κ2) is 6.68. The molecule has 2 aromatic carbocycles. The van der Waals surface area contributed by atoms with E-state index in [0.717, 1.165) is 16.5 Å². The first-order valence-corrected chi connectivity index (χ1v) is 11.9. The number of pyridine rings is 1. The molecule has 2 aliphatic rings. The molecule has 6 nitrogen and oxygen atoms in total. The first kappa shape index (κ1) is 20.3. The zero-order chi connectivity index (χ0) is 22.1. The average molecular weight is 439 g/mol. The largest absolute Gasteiger partial charge is 0.486 e. The summed E-state index contributed by atoms with van der Waals surface area (Å²) in [5, 5.41) is 0.881. The molecule has 0 aliphatic carbocycles. The van der Waals surface area contributed by atoms with Crippen molar-refractivity contribution < 1.29 is 13.2 Å². The van der Waals surface area contributed by atoms with Crippen LogP contribution in [0.3, 0.4) is 0 Å². The smallest absolute Gasteiger partial charge is 0.258 e. The van der Waals surface area contributed by atoms with Crippen LogP contribution in [0, 0.1) is 12.8 Å². The molecule has 0 unspecified atom stereocenters. The van der Waals surface area contributed by atoms with E-state index in [1.807, 2.05) is 45.0 Å². The number of hydrogen-bond acceptors (Lipinski definition) is 4. The van der Waals surface area contributed by atoms with Gasteiger partial charge in [0.2, 0.25) is 10.0 Å². The number of hydrogen-bond donors (Lipinski definition) is 0. The third-order valence-corrected chi connectivity index (χ3v) is 8.71. The van der Waals surface area contributed by atoms with E-state index >= 15 is 0 Å². The molecule has 31 heavy (non-hydrogen) atoms. The van der Waals surface area contributed by atoms with Gasteiger partial charge in [-0.25, -0.2) is 8.42 Å². The topological polar surface area (TPSA) is 68.6 Å². The van der Waals surface area contributed by atoms with Crippen LogP contribution >= 0.6 is 0 Å². The third kappa shape index (κ3) is 2.94. The molecular weight excluding hydrogens is 412 g/mol. The van der Waals surface area contributed by atoms with E-state index in [4.69, 9.17) is 4.74 Å². The maximum atomic E-state index is 13.4. The van der Waals surface area contributed by atoms with Crippen molar-refractivity contribution in [3.63, 3.8) is 0 Å². The van der Waals surface area contributed by atoms with Crippen molar-refractivity contribution >= 4 is 20.9 Å². The molecule has 1 saturated heterocycles. The van der Waals surface area contributed by atoms with Crippen molar-refractivity contribution in [1.29, 1.82) is 0 Å². The number of ether oxygens (including phenoxy) is 1. The van der Waals surface area contributed by atoms with Gasteiger partial charge < -0.3 is 9.30 Å². The van der Waals surface area contributed by atoms with Gasteiger partial charge in [0.25, 0.3) is 5.56 Å². The van der Waals surface area contributed by atoms with Gasteiger partial charge in [-0.2, -0.15) is 4.31 Å². The highest BCUT2D eigenvalue weighted by Crippen LogP contribution is 2.50. The third-order valence-electron chi connectivity index (χ3n) is 6.86. The predicted molar refractivity (Wildman–Crippen MR) is 120 cm³/mol. The predicted octanol–water partition coefficient (Wildman–Crippen LogP) is 3.42. The summed E-state index contributed by atoms with van der Waals surface area (Å²) in [7, 11) is -1.90. The quantitative estimate of drug-likeness (QED) is 0.615. The summed E-state index contributed by atoms with van der Waals surface area (Å²) in [4.78, 5) is 13.6. The lowest BCUT2D eigenvalue weighted by Crippen LogP contribution is -2.47. The zero-order valence-electron chi connectivity index (χ0n) is 18.1. The Morgan fingerprint density at radius 1 is 1.03 bits per heavy atom. The van der Waals surface area contributed by atoms with Gasteiger partial charge >= 0.3 is 0 Å². The Labute approximate surface area is 182 Å². The van der Waals surface area contributed by atoms with E-state index in [2.05, 4.69) is 0 Å². The van der Waals surface area contributed by atoms with Gasteiger partial charge in [-0.3, -0.25) is 4.79 Å². The maximum absolute atomic E-state index is 13.4. The van der Waals surface area contributed by atoms with Crippen LogP contribution in [0.2, 0.25) is 0 Å². The number of nitrogens with zero attached hydrogens (tertiary/aromatic N) is 2. The monoisotopic (exact) mass is 438 g/mol. The molecule has 162 valence electrons. The molecule has 7 heteroatoms. The van der Waals surface area contributed by atoms with E-state index in [1.54, 1.807) is 35.9 Å². The van der Waals surface area contributed by atoms with E-state index < -0.39 is 15.6 Å². The van der Waals surface area contributed by atoms with Crippen LogP contribution in [0.5, 0.6) is 5.75 Å². The van der Waals surface area contributed by atoms with E-state index in [0.29, 0.717) is 17.9 Å². The Hall–Kier alpha value is -2.64. The standard InChI is InChI=1S/C24H26N2O4S/c1-15-9-11-16(12-10-15)31(28,29)26-13-18-19(14-26)24(2,3)30-22-17-7-5-6-8-20(17)25(4)23(27)21(18)22/h5-12,18-19H,13-14H2,1-4H3/t18-,19+/m0/s1. The molecule has 1 fully saturated rings. The molecule has 0 N–H and O–H groups in total. The summed E-state index contributed by atoms with van der Waals surface area (Å²) in [6.45, 7) is 6.50. The molecule has 1 aromatic heterocycles. The number of benzene rings is 2. The minimum Gasteiger partial charge on any atom is -0.486 e. The zero-order valence-corrected chi connectivity index (χ0v) is 18.9. The summed E-state index contributed by atoms with van der Waals surface area (Å²) in [5.41, 5.74) is 1.68. The van der Waals surface area contributed by atoms with Crippen LogP contribution in [0.15, 0.2) is 58.2 Å². The fourth-order valence-electron chi connectivity index (χ4n) is 5.09. The molecule has 5 rings (SSSR count). The summed E-state index contributed by atoms with van der Waals surface area (Å²) in [5.74, 6) is 0.260. The van der Waals surface area contributed by atoms with Gasteiger partial charge in [-0.15, -0.1) is 0 Å². The Bertz CT molecular complexity index is 1360. The van der Waals surface area contributed by atoms with E-state index in [-0.39, 0.29) is 28.8 Å². The second-order valence-electron chi connectivity index (χ2n) is 9.18. The molecule has 3 aromatic rings. The maximum Gasteiger partial charge on any atom is 0.258 e. The van der Waals surface area contributed by atoms with Crippen molar-refractivity contribution in [2.45, 2.75) is 37.2 Å². The summed E-state index contributed by atoms with van der Waals surface area (Å²) < 4.78 is 36.3. The van der Waals surface area contributed by atoms with Crippen LogP contribution in [0.4, 0.5) is 0 Å². The van der Waals surface area contributed by atoms with Crippen molar-refractivity contribution in [2.24, 2.45) is 13.0 Å². The van der Waals surface area contributed by atoms with E-state index in [9.17, 15) is 13.2 Å². The van der Waals surface area contributed by atoms with Crippen LogP contribution in [0.1, 0.15) is 30.9 Å². The van der Waals surface area contributed by atoms with Crippen LogP contribution < -0.4 is 10.3 Å². The average Bonchev–Trinajstić information content (AvgIpc) is 3.19. The number of aromatic nitrogens is 1. The summed E-state index contributed by atoms with van der Waals surface area (Å²) >= 11 is 0. The highest BCUT2D eigenvalue weighted by molar-refractivity contribution is 7.89. The van der Waals surface area contributed by atoms with Crippen molar-refractivity contribution in [1.82, 2.24) is 8.87 Å². The molecule has 0 amide bonds. The lowest BCUT2D eigenvalue weighted by atomic mass is 9.76. The summed E-state index contributed by atoms with van der Waals surface area (Å²) in [6.07, 6.45) is 0. The fourth-order valence-corrected chi connectivity index (χ4v) is 6.58. The number of para-hydroxylation sites is 1. The first-order chi connectivity index (χ1) is 14.6. The Morgan fingerprint density at radius 2 is 1.71 bits per heavy atom. The van der Waals surface area contributed by atoms with Gasteiger partial charge in [0.05, 0.1) is 16.0 Å². The molecule has 2 atom stereocenters. The highest BCUT2D eigenvalue weighted by atomic mass is 32.2. The minimum atomic E-state index is -3.66. The van der Waals surface area contributed by atoms with Gasteiger partial charge in [0.1, 0.15) is 11.4 Å².